The van der Waals surface area contributed by atoms with E-state index < -0.39 is 17.4 Å². The van der Waals surface area contributed by atoms with Gasteiger partial charge in [0.25, 0.3) is 5.91 Å². The highest BCUT2D eigenvalue weighted by Crippen LogP contribution is 2.28. The van der Waals surface area contributed by atoms with Crippen molar-refractivity contribution in [2.24, 2.45) is 0 Å². The van der Waals surface area contributed by atoms with Gasteiger partial charge in [-0.1, -0.05) is 0 Å². The van der Waals surface area contributed by atoms with E-state index in [0.29, 0.717) is 24.3 Å². The minimum Gasteiger partial charge on any atom is -0.497 e. The molecule has 0 bridgehead atoms. The van der Waals surface area contributed by atoms with Gasteiger partial charge in [-0.3, -0.25) is 4.79 Å². The predicted molar refractivity (Wildman–Crippen MR) is 89.2 cm³/mol. The Morgan fingerprint density at radius 3 is 2.70 bits per heavy atom. The van der Waals surface area contributed by atoms with Crippen LogP contribution in [0.25, 0.3) is 10.9 Å². The highest BCUT2D eigenvalue weighted by molar-refractivity contribution is 7.99. The summed E-state index contributed by atoms with van der Waals surface area (Å²) in [5.41, 5.74) is -0.0104. The van der Waals surface area contributed by atoms with Crippen LogP contribution in [0.2, 0.25) is 0 Å². The molecule has 1 saturated heterocycles. The first-order chi connectivity index (χ1) is 11.0. The van der Waals surface area contributed by atoms with Gasteiger partial charge in [-0.25, -0.2) is 4.79 Å². The van der Waals surface area contributed by atoms with Gasteiger partial charge in [0, 0.05) is 10.9 Å². The van der Waals surface area contributed by atoms with Crippen LogP contribution in [0.1, 0.15) is 23.3 Å². The number of hydrogen-bond acceptors (Lipinski definition) is 4. The van der Waals surface area contributed by atoms with Crippen LogP contribution in [0.5, 0.6) is 5.75 Å². The maximum atomic E-state index is 12.5. The minimum absolute atomic E-state index is 0.354. The molecule has 6 nitrogen and oxygen atoms in total. The van der Waals surface area contributed by atoms with Gasteiger partial charge in [0.2, 0.25) is 0 Å². The number of carboxylic acid groups (broad SMARTS) is 1. The number of rotatable bonds is 4. The lowest BCUT2D eigenvalue weighted by Crippen LogP contribution is -2.56. The molecule has 122 valence electrons. The molecule has 1 aliphatic heterocycles. The van der Waals surface area contributed by atoms with Gasteiger partial charge < -0.3 is 20.1 Å². The summed E-state index contributed by atoms with van der Waals surface area (Å²) in [6.07, 6.45) is 0.875. The van der Waals surface area contributed by atoms with Gasteiger partial charge in [-0.2, -0.15) is 11.8 Å². The molecular formula is C16H18N2O4S. The molecule has 7 heteroatoms. The molecule has 2 aromatic rings. The number of fused-ring (bicyclic) bond motifs is 1. The number of thioether (sulfide) groups is 1. The summed E-state index contributed by atoms with van der Waals surface area (Å²) in [5, 5.41) is 13.1. The van der Waals surface area contributed by atoms with E-state index in [2.05, 4.69) is 10.3 Å². The van der Waals surface area contributed by atoms with Crippen molar-refractivity contribution in [2.75, 3.05) is 18.6 Å². The summed E-state index contributed by atoms with van der Waals surface area (Å²) in [5.74, 6) is 0.806. The first-order valence-corrected chi connectivity index (χ1v) is 8.50. The fourth-order valence-electron chi connectivity index (χ4n) is 2.76. The second-order valence-electron chi connectivity index (χ2n) is 5.59. The van der Waals surface area contributed by atoms with Crippen molar-refractivity contribution in [3.8, 4) is 5.75 Å². The van der Waals surface area contributed by atoms with Gasteiger partial charge in [0.15, 0.2) is 0 Å². The molecule has 0 spiro atoms. The van der Waals surface area contributed by atoms with Crippen molar-refractivity contribution < 1.29 is 19.4 Å². The average molecular weight is 334 g/mol. The normalized spacial score (nSPS) is 16.9. The van der Waals surface area contributed by atoms with Gasteiger partial charge in [-0.05, 0) is 48.6 Å². The first kappa shape index (κ1) is 15.7. The summed E-state index contributed by atoms with van der Waals surface area (Å²) in [6, 6.07) is 7.17. The number of aliphatic carboxylic acids is 1. The summed E-state index contributed by atoms with van der Waals surface area (Å²) in [4.78, 5) is 27.2. The van der Waals surface area contributed by atoms with Gasteiger partial charge in [-0.15, -0.1) is 0 Å². The van der Waals surface area contributed by atoms with E-state index >= 15 is 0 Å². The number of aromatic amines is 1. The number of ether oxygens (including phenoxy) is 1. The molecular weight excluding hydrogens is 316 g/mol. The van der Waals surface area contributed by atoms with E-state index in [4.69, 9.17) is 4.74 Å². The third-order valence-electron chi connectivity index (χ3n) is 4.18. The highest BCUT2D eigenvalue weighted by atomic mass is 32.2. The lowest BCUT2D eigenvalue weighted by atomic mass is 9.92. The Kier molecular flexibility index (Phi) is 4.21. The average Bonchev–Trinajstić information content (AvgIpc) is 2.98. The van der Waals surface area contributed by atoms with E-state index in [1.165, 1.54) is 0 Å². The van der Waals surface area contributed by atoms with Crippen molar-refractivity contribution >= 4 is 34.5 Å². The molecule has 3 rings (SSSR count). The predicted octanol–water partition coefficient (Wildman–Crippen LogP) is 2.26. The Labute approximate surface area is 137 Å². The number of amides is 1. The van der Waals surface area contributed by atoms with Crippen molar-refractivity contribution in [2.45, 2.75) is 18.4 Å². The monoisotopic (exact) mass is 334 g/mol. The van der Waals surface area contributed by atoms with E-state index in [1.54, 1.807) is 31.0 Å². The third kappa shape index (κ3) is 3.01. The molecule has 1 fully saturated rings. The Hall–Kier alpha value is -2.15. The van der Waals surface area contributed by atoms with E-state index in [0.717, 1.165) is 22.4 Å². The Morgan fingerprint density at radius 1 is 1.30 bits per heavy atom. The third-order valence-corrected chi connectivity index (χ3v) is 5.17. The van der Waals surface area contributed by atoms with E-state index in [1.807, 2.05) is 12.1 Å². The van der Waals surface area contributed by atoms with Gasteiger partial charge in [0.05, 0.1) is 7.11 Å². The molecule has 0 unspecified atom stereocenters. The number of hydrogen-bond donors (Lipinski definition) is 3. The Bertz CT molecular complexity index is 750. The van der Waals surface area contributed by atoms with Crippen LogP contribution in [0.3, 0.4) is 0 Å². The molecule has 1 aromatic heterocycles. The molecule has 1 aliphatic rings. The summed E-state index contributed by atoms with van der Waals surface area (Å²) < 4.78 is 5.17. The molecule has 23 heavy (non-hydrogen) atoms. The number of aromatic nitrogens is 1. The van der Waals surface area contributed by atoms with Crippen LogP contribution in [0.4, 0.5) is 0 Å². The van der Waals surface area contributed by atoms with Crippen molar-refractivity contribution in [3.05, 3.63) is 30.0 Å². The number of carbonyl (C=O) groups is 2. The highest BCUT2D eigenvalue weighted by Gasteiger charge is 2.41. The first-order valence-electron chi connectivity index (χ1n) is 7.34. The fraction of sp³-hybridized carbons (Fsp3) is 0.375. The zero-order valence-corrected chi connectivity index (χ0v) is 13.5. The summed E-state index contributed by atoms with van der Waals surface area (Å²) in [7, 11) is 1.58. The van der Waals surface area contributed by atoms with Crippen molar-refractivity contribution in [3.63, 3.8) is 0 Å². The molecule has 0 radical (unpaired) electrons. The second kappa shape index (κ2) is 6.16. The number of nitrogens with one attached hydrogen (secondary N) is 2. The standard InChI is InChI=1S/C16H18N2O4S/c1-22-11-2-3-12-10(8-11)9-13(17-12)14(19)18-16(15(20)21)4-6-23-7-5-16/h2-3,8-9,17H,4-7H2,1H3,(H,18,19)(H,20,21). The number of carboxylic acids is 1. The van der Waals surface area contributed by atoms with Gasteiger partial charge >= 0.3 is 5.97 Å². The zero-order valence-electron chi connectivity index (χ0n) is 12.7. The van der Waals surface area contributed by atoms with E-state index in [-0.39, 0.29) is 0 Å². The fourth-order valence-corrected chi connectivity index (χ4v) is 3.95. The molecule has 0 aliphatic carbocycles. The minimum atomic E-state index is -1.17. The molecule has 0 saturated carbocycles. The maximum Gasteiger partial charge on any atom is 0.329 e. The van der Waals surface area contributed by atoms with Crippen LogP contribution in [0.15, 0.2) is 24.3 Å². The largest absolute Gasteiger partial charge is 0.497 e. The van der Waals surface area contributed by atoms with Crippen LogP contribution in [0, 0.1) is 0 Å². The molecule has 2 heterocycles. The smallest absolute Gasteiger partial charge is 0.329 e. The number of carbonyl (C=O) groups excluding carboxylic acids is 1. The quantitative estimate of drug-likeness (QED) is 0.798. The molecule has 1 aromatic carbocycles. The van der Waals surface area contributed by atoms with Crippen LogP contribution in [-0.2, 0) is 4.79 Å². The zero-order chi connectivity index (χ0) is 16.4. The number of H-pyrrole nitrogens is 1. The lowest BCUT2D eigenvalue weighted by molar-refractivity contribution is -0.144. The number of methoxy groups -OCH3 is 1. The topological polar surface area (TPSA) is 91.4 Å². The second-order valence-corrected chi connectivity index (χ2v) is 6.81. The van der Waals surface area contributed by atoms with Crippen LogP contribution in [-0.4, -0.2) is 46.1 Å². The van der Waals surface area contributed by atoms with Crippen LogP contribution < -0.4 is 10.1 Å². The van der Waals surface area contributed by atoms with Crippen LogP contribution >= 0.6 is 11.8 Å². The summed E-state index contributed by atoms with van der Waals surface area (Å²) >= 11 is 1.71. The lowest BCUT2D eigenvalue weighted by Gasteiger charge is -2.33. The summed E-state index contributed by atoms with van der Waals surface area (Å²) in [6.45, 7) is 0. The molecule has 0 atom stereocenters. The molecule has 1 amide bonds. The Balaban J connectivity index is 1.86. The number of benzene rings is 1. The maximum absolute atomic E-state index is 12.5. The van der Waals surface area contributed by atoms with Gasteiger partial charge in [0.1, 0.15) is 17.0 Å². The molecule has 3 N–H and O–H groups in total. The SMILES string of the molecule is COc1ccc2[nH]c(C(=O)NC3(C(=O)O)CCSCC3)cc2c1. The van der Waals surface area contributed by atoms with E-state index in [9.17, 15) is 14.7 Å². The Morgan fingerprint density at radius 2 is 2.04 bits per heavy atom. The van der Waals surface area contributed by atoms with Crippen molar-refractivity contribution in [1.82, 2.24) is 10.3 Å². The van der Waals surface area contributed by atoms with Crippen molar-refractivity contribution in [1.29, 1.82) is 0 Å².